The van der Waals surface area contributed by atoms with E-state index in [1.54, 1.807) is 0 Å². The van der Waals surface area contributed by atoms with Gasteiger partial charge in [0, 0.05) is 12.1 Å². The van der Waals surface area contributed by atoms with E-state index in [0.717, 1.165) is 24.6 Å². The molecule has 0 aromatic carbocycles. The Balaban J connectivity index is 2.62. The lowest BCUT2D eigenvalue weighted by Gasteiger charge is -2.24. The summed E-state index contributed by atoms with van der Waals surface area (Å²) in [6.45, 7) is 12.6. The van der Waals surface area contributed by atoms with Gasteiger partial charge >= 0.3 is 0 Å². The molecule has 0 amide bonds. The molecule has 0 atom stereocenters. The highest BCUT2D eigenvalue weighted by Crippen LogP contribution is 2.18. The fourth-order valence-electron chi connectivity index (χ4n) is 2.43. The molecule has 0 bridgehead atoms. The van der Waals surface area contributed by atoms with Crippen LogP contribution in [0.1, 0.15) is 57.6 Å². The van der Waals surface area contributed by atoms with Crippen LogP contribution in [0.5, 0.6) is 0 Å². The highest BCUT2D eigenvalue weighted by Gasteiger charge is 2.14. The lowest BCUT2D eigenvalue weighted by molar-refractivity contribution is 0.204. The summed E-state index contributed by atoms with van der Waals surface area (Å²) in [4.78, 5) is 2.39. The van der Waals surface area contributed by atoms with Crippen LogP contribution < -0.4 is 5.32 Å². The molecule has 1 aromatic heterocycles. The van der Waals surface area contributed by atoms with Gasteiger partial charge in [-0.15, -0.1) is 0 Å². The van der Waals surface area contributed by atoms with Gasteiger partial charge in [0.15, 0.2) is 0 Å². The highest BCUT2D eigenvalue weighted by molar-refractivity contribution is 5.20. The molecule has 0 unspecified atom stereocenters. The van der Waals surface area contributed by atoms with Gasteiger partial charge < -0.3 is 9.73 Å². The second kappa shape index (κ2) is 7.71. The van der Waals surface area contributed by atoms with Gasteiger partial charge in [-0.3, -0.25) is 4.90 Å². The second-order valence-corrected chi connectivity index (χ2v) is 5.74. The number of furan rings is 1. The van der Waals surface area contributed by atoms with Crippen molar-refractivity contribution in [1.82, 2.24) is 10.2 Å². The first kappa shape index (κ1) is 16.3. The average Bonchev–Trinajstić information content (AvgIpc) is 2.68. The van der Waals surface area contributed by atoms with Crippen LogP contribution in [0.2, 0.25) is 0 Å². The average molecular weight is 266 g/mol. The van der Waals surface area contributed by atoms with Crippen LogP contribution in [0.25, 0.3) is 0 Å². The molecule has 3 heteroatoms. The Labute approximate surface area is 118 Å². The quantitative estimate of drug-likeness (QED) is 0.777. The Bertz CT molecular complexity index is 367. The van der Waals surface area contributed by atoms with Crippen molar-refractivity contribution < 1.29 is 4.42 Å². The first-order valence-corrected chi connectivity index (χ1v) is 7.49. The third-order valence-corrected chi connectivity index (χ3v) is 3.71. The van der Waals surface area contributed by atoms with Crippen LogP contribution in [-0.4, -0.2) is 24.0 Å². The molecule has 110 valence electrons. The first-order valence-electron chi connectivity index (χ1n) is 7.49. The molecule has 0 spiro atoms. The van der Waals surface area contributed by atoms with Crippen LogP contribution in [-0.2, 0) is 13.1 Å². The molecule has 0 aliphatic heterocycles. The Morgan fingerprint density at radius 1 is 1.26 bits per heavy atom. The van der Waals surface area contributed by atoms with Gasteiger partial charge in [-0.05, 0) is 38.4 Å². The van der Waals surface area contributed by atoms with Gasteiger partial charge in [0.1, 0.15) is 11.5 Å². The molecule has 1 N–H and O–H groups in total. The number of nitrogens with one attached hydrogen (secondary N) is 1. The zero-order valence-electron chi connectivity index (χ0n) is 13.4. The van der Waals surface area contributed by atoms with Crippen molar-refractivity contribution in [2.24, 2.45) is 0 Å². The van der Waals surface area contributed by atoms with E-state index in [-0.39, 0.29) is 0 Å². The van der Waals surface area contributed by atoms with E-state index in [4.69, 9.17) is 4.42 Å². The highest BCUT2D eigenvalue weighted by atomic mass is 16.3. The van der Waals surface area contributed by atoms with Gasteiger partial charge in [-0.25, -0.2) is 0 Å². The largest absolute Gasteiger partial charge is 0.463 e. The monoisotopic (exact) mass is 266 g/mol. The summed E-state index contributed by atoms with van der Waals surface area (Å²) in [5.41, 5.74) is 1.25. The van der Waals surface area contributed by atoms with Crippen molar-refractivity contribution in [3.8, 4) is 0 Å². The van der Waals surface area contributed by atoms with Crippen molar-refractivity contribution in [1.29, 1.82) is 0 Å². The maximum atomic E-state index is 5.97. The maximum Gasteiger partial charge on any atom is 0.120 e. The molecule has 0 saturated heterocycles. The van der Waals surface area contributed by atoms with Crippen molar-refractivity contribution >= 4 is 0 Å². The van der Waals surface area contributed by atoms with Crippen LogP contribution in [0.4, 0.5) is 0 Å². The van der Waals surface area contributed by atoms with Crippen LogP contribution in [0, 0.1) is 6.92 Å². The fraction of sp³-hybridized carbons (Fsp3) is 0.750. The standard InChI is InChI=1S/C16H30N2O/c1-7-14(8-2)18(6)11-15-9-13(5)16(19-15)10-17-12(3)4/h9,12,14,17H,7-8,10-11H2,1-6H3. The molecule has 1 heterocycles. The summed E-state index contributed by atoms with van der Waals surface area (Å²) >= 11 is 0. The zero-order valence-corrected chi connectivity index (χ0v) is 13.4. The van der Waals surface area contributed by atoms with Gasteiger partial charge in [0.2, 0.25) is 0 Å². The second-order valence-electron chi connectivity index (χ2n) is 5.74. The number of nitrogens with zero attached hydrogens (tertiary/aromatic N) is 1. The van der Waals surface area contributed by atoms with E-state index in [0.29, 0.717) is 12.1 Å². The Kier molecular flexibility index (Phi) is 6.59. The van der Waals surface area contributed by atoms with E-state index in [9.17, 15) is 0 Å². The van der Waals surface area contributed by atoms with E-state index in [1.165, 1.54) is 18.4 Å². The Morgan fingerprint density at radius 2 is 1.89 bits per heavy atom. The molecule has 0 fully saturated rings. The Morgan fingerprint density at radius 3 is 2.42 bits per heavy atom. The molecule has 19 heavy (non-hydrogen) atoms. The molecule has 0 aliphatic carbocycles. The minimum atomic E-state index is 0.486. The summed E-state index contributed by atoms with van der Waals surface area (Å²) in [6.07, 6.45) is 2.38. The third-order valence-electron chi connectivity index (χ3n) is 3.71. The Hall–Kier alpha value is -0.800. The molecule has 3 nitrogen and oxygen atoms in total. The summed E-state index contributed by atoms with van der Waals surface area (Å²) in [5.74, 6) is 2.15. The SMILES string of the molecule is CCC(CC)N(C)Cc1cc(C)c(CNC(C)C)o1. The number of aryl methyl sites for hydroxylation is 1. The van der Waals surface area contributed by atoms with Gasteiger partial charge in [-0.1, -0.05) is 27.7 Å². The van der Waals surface area contributed by atoms with Crippen molar-refractivity contribution in [2.75, 3.05) is 7.05 Å². The molecule has 0 aliphatic rings. The number of hydrogen-bond acceptors (Lipinski definition) is 3. The lowest BCUT2D eigenvalue weighted by atomic mass is 10.1. The van der Waals surface area contributed by atoms with Gasteiger partial charge in [0.25, 0.3) is 0 Å². The smallest absolute Gasteiger partial charge is 0.120 e. The topological polar surface area (TPSA) is 28.4 Å². The number of hydrogen-bond donors (Lipinski definition) is 1. The minimum absolute atomic E-state index is 0.486. The van der Waals surface area contributed by atoms with E-state index < -0.39 is 0 Å². The summed E-state index contributed by atoms with van der Waals surface area (Å²) in [5, 5.41) is 3.41. The molecule has 1 aromatic rings. The predicted octanol–water partition coefficient (Wildman–Crippen LogP) is 3.71. The van der Waals surface area contributed by atoms with Crippen molar-refractivity contribution in [3.63, 3.8) is 0 Å². The zero-order chi connectivity index (χ0) is 14.4. The summed E-state index contributed by atoms with van der Waals surface area (Å²) in [6, 6.07) is 3.30. The molecule has 0 saturated carbocycles. The third kappa shape index (κ3) is 5.00. The van der Waals surface area contributed by atoms with Gasteiger partial charge in [-0.2, -0.15) is 0 Å². The molecular formula is C16H30N2O. The first-order chi connectivity index (χ1) is 8.97. The maximum absolute atomic E-state index is 5.97. The van der Waals surface area contributed by atoms with Crippen LogP contribution in [0.3, 0.4) is 0 Å². The summed E-state index contributed by atoms with van der Waals surface area (Å²) in [7, 11) is 2.18. The normalized spacial score (nSPS) is 12.1. The summed E-state index contributed by atoms with van der Waals surface area (Å²) < 4.78 is 5.97. The minimum Gasteiger partial charge on any atom is -0.463 e. The molecule has 0 radical (unpaired) electrons. The van der Waals surface area contributed by atoms with Crippen LogP contribution >= 0.6 is 0 Å². The van der Waals surface area contributed by atoms with E-state index >= 15 is 0 Å². The fourth-order valence-corrected chi connectivity index (χ4v) is 2.43. The van der Waals surface area contributed by atoms with E-state index in [2.05, 4.69) is 57.9 Å². The predicted molar refractivity (Wildman–Crippen MR) is 81.3 cm³/mol. The van der Waals surface area contributed by atoms with E-state index in [1.807, 2.05) is 0 Å². The van der Waals surface area contributed by atoms with Gasteiger partial charge in [0.05, 0.1) is 13.1 Å². The van der Waals surface area contributed by atoms with Crippen molar-refractivity contribution in [3.05, 3.63) is 23.2 Å². The van der Waals surface area contributed by atoms with Crippen LogP contribution in [0.15, 0.2) is 10.5 Å². The lowest BCUT2D eigenvalue weighted by Crippen LogP contribution is -2.29. The van der Waals surface area contributed by atoms with Crippen molar-refractivity contribution in [2.45, 2.75) is 72.6 Å². The number of rotatable bonds is 8. The molecule has 1 rings (SSSR count). The molecular weight excluding hydrogens is 236 g/mol.